The molecule has 0 heterocycles. The van der Waals surface area contributed by atoms with Crippen molar-refractivity contribution in [2.75, 3.05) is 5.32 Å². The average Bonchev–Trinajstić information content (AvgIpc) is 2.59. The van der Waals surface area contributed by atoms with Gasteiger partial charge in [0.05, 0.1) is 18.6 Å². The number of rotatable bonds is 7. The predicted molar refractivity (Wildman–Crippen MR) is 127 cm³/mol. The third kappa shape index (κ3) is 6.38. The molecule has 9 heteroatoms. The van der Waals surface area contributed by atoms with Crippen LogP contribution in [0.5, 0.6) is 0 Å². The van der Waals surface area contributed by atoms with Crippen molar-refractivity contribution in [3.8, 4) is 0 Å². The molecule has 0 aromatic heterocycles. The minimum Gasteiger partial charge on any atom is -0.478 e. The Morgan fingerprint density at radius 3 is 2.48 bits per heavy atom. The normalized spacial score (nSPS) is 12.0. The van der Waals surface area contributed by atoms with Gasteiger partial charge in [-0.2, -0.15) is 0 Å². The van der Waals surface area contributed by atoms with Crippen LogP contribution < -0.4 is 5.32 Å². The van der Waals surface area contributed by atoms with E-state index in [2.05, 4.69) is 55.1 Å². The topological polar surface area (TPSA) is 75.6 Å². The SMILES string of the molecule is CC(C)(C)[Si](C)(C)OCc1c(Cl)cccc1NC(=O)Cc1cc(Br)cc(F)c1C(=O)O. The smallest absolute Gasteiger partial charge is 0.338 e. The molecular weight excluding hydrogens is 505 g/mol. The summed E-state index contributed by atoms with van der Waals surface area (Å²) in [6, 6.07) is 7.60. The zero-order valence-electron chi connectivity index (χ0n) is 18.1. The molecule has 5 nitrogen and oxygen atoms in total. The molecule has 0 atom stereocenters. The first-order valence-corrected chi connectivity index (χ1v) is 13.7. The number of halogens is 3. The van der Waals surface area contributed by atoms with Gasteiger partial charge in [0.25, 0.3) is 0 Å². The van der Waals surface area contributed by atoms with Gasteiger partial charge in [0.2, 0.25) is 5.91 Å². The number of hydrogen-bond donors (Lipinski definition) is 2. The van der Waals surface area contributed by atoms with E-state index in [0.29, 0.717) is 20.7 Å². The molecule has 0 fully saturated rings. The fourth-order valence-electron chi connectivity index (χ4n) is 2.66. The van der Waals surface area contributed by atoms with Gasteiger partial charge < -0.3 is 14.8 Å². The Morgan fingerprint density at radius 1 is 1.26 bits per heavy atom. The fourth-order valence-corrected chi connectivity index (χ4v) is 4.31. The second-order valence-electron chi connectivity index (χ2n) is 8.77. The number of carboxylic acids is 1. The number of anilines is 1. The molecule has 0 unspecified atom stereocenters. The summed E-state index contributed by atoms with van der Waals surface area (Å²) in [6.07, 6.45) is -0.312. The van der Waals surface area contributed by atoms with Gasteiger partial charge >= 0.3 is 5.97 Å². The summed E-state index contributed by atoms with van der Waals surface area (Å²) in [6.45, 7) is 10.9. The number of amides is 1. The highest BCUT2D eigenvalue weighted by molar-refractivity contribution is 9.10. The van der Waals surface area contributed by atoms with Crippen molar-refractivity contribution in [2.24, 2.45) is 0 Å². The molecule has 2 aromatic carbocycles. The maximum absolute atomic E-state index is 14.1. The van der Waals surface area contributed by atoms with Crippen molar-refractivity contribution in [3.05, 3.63) is 62.3 Å². The summed E-state index contributed by atoms with van der Waals surface area (Å²) in [4.78, 5) is 24.1. The summed E-state index contributed by atoms with van der Waals surface area (Å²) in [5, 5.41) is 12.5. The lowest BCUT2D eigenvalue weighted by molar-refractivity contribution is -0.115. The van der Waals surface area contributed by atoms with Crippen LogP contribution in [0.3, 0.4) is 0 Å². The Morgan fingerprint density at radius 2 is 1.90 bits per heavy atom. The summed E-state index contributed by atoms with van der Waals surface area (Å²) in [5.74, 6) is -2.83. The maximum Gasteiger partial charge on any atom is 0.338 e. The van der Waals surface area contributed by atoms with Crippen molar-refractivity contribution < 1.29 is 23.5 Å². The van der Waals surface area contributed by atoms with Crippen LogP contribution in [0.25, 0.3) is 0 Å². The monoisotopic (exact) mass is 529 g/mol. The Hall–Kier alpha value is -1.74. The van der Waals surface area contributed by atoms with Crippen LogP contribution in [0, 0.1) is 5.82 Å². The molecule has 0 aliphatic heterocycles. The van der Waals surface area contributed by atoms with Gasteiger partial charge in [-0.25, -0.2) is 9.18 Å². The lowest BCUT2D eigenvalue weighted by atomic mass is 10.0. The van der Waals surface area contributed by atoms with E-state index in [0.717, 1.165) is 6.07 Å². The van der Waals surface area contributed by atoms with Crippen molar-refractivity contribution in [1.29, 1.82) is 0 Å². The highest BCUT2D eigenvalue weighted by Crippen LogP contribution is 2.38. The molecular formula is C22H26BrClFNO4Si. The highest BCUT2D eigenvalue weighted by atomic mass is 79.9. The average molecular weight is 531 g/mol. The lowest BCUT2D eigenvalue weighted by Crippen LogP contribution is -2.40. The minimum atomic E-state index is -2.05. The molecule has 2 rings (SSSR count). The van der Waals surface area contributed by atoms with Crippen LogP contribution in [0.1, 0.15) is 42.3 Å². The lowest BCUT2D eigenvalue weighted by Gasteiger charge is -2.36. The van der Waals surface area contributed by atoms with E-state index in [-0.39, 0.29) is 23.6 Å². The number of nitrogens with one attached hydrogen (secondary N) is 1. The number of hydrogen-bond acceptors (Lipinski definition) is 3. The quantitative estimate of drug-likeness (QED) is 0.393. The Kier molecular flexibility index (Phi) is 8.08. The minimum absolute atomic E-state index is 0.00959. The molecule has 0 saturated carbocycles. The van der Waals surface area contributed by atoms with Gasteiger partial charge in [-0.15, -0.1) is 0 Å². The molecule has 0 radical (unpaired) electrons. The predicted octanol–water partition coefficient (Wildman–Crippen LogP) is 6.64. The third-order valence-electron chi connectivity index (χ3n) is 5.48. The number of aromatic carboxylic acids is 1. The van der Waals surface area contributed by atoms with Crippen molar-refractivity contribution >= 4 is 53.4 Å². The molecule has 0 saturated heterocycles. The molecule has 31 heavy (non-hydrogen) atoms. The van der Waals surface area contributed by atoms with Gasteiger partial charge in [-0.05, 0) is 48.0 Å². The molecule has 2 aromatic rings. The van der Waals surface area contributed by atoms with E-state index in [1.165, 1.54) is 6.07 Å². The number of carboxylic acid groups (broad SMARTS) is 1. The molecule has 0 bridgehead atoms. The van der Waals surface area contributed by atoms with E-state index < -0.39 is 31.6 Å². The Bertz CT molecular complexity index is 1010. The molecule has 1 amide bonds. The van der Waals surface area contributed by atoms with E-state index in [9.17, 15) is 19.1 Å². The first-order valence-electron chi connectivity index (χ1n) is 9.65. The Labute approximate surface area is 196 Å². The van der Waals surface area contributed by atoms with E-state index in [4.69, 9.17) is 16.0 Å². The first kappa shape index (κ1) is 25.5. The highest BCUT2D eigenvalue weighted by Gasteiger charge is 2.37. The van der Waals surface area contributed by atoms with Gasteiger partial charge in [0.1, 0.15) is 5.82 Å². The molecule has 0 aliphatic rings. The van der Waals surface area contributed by atoms with Crippen molar-refractivity contribution in [3.63, 3.8) is 0 Å². The van der Waals surface area contributed by atoms with Crippen LogP contribution in [0.15, 0.2) is 34.8 Å². The fraction of sp³-hybridized carbons (Fsp3) is 0.364. The van der Waals surface area contributed by atoms with Crippen LogP contribution in [0.4, 0.5) is 10.1 Å². The zero-order chi connectivity index (χ0) is 23.6. The molecule has 0 aliphatic carbocycles. The van der Waals surface area contributed by atoms with Crippen LogP contribution in [-0.4, -0.2) is 25.3 Å². The third-order valence-corrected chi connectivity index (χ3v) is 10.8. The second-order valence-corrected chi connectivity index (χ2v) is 14.9. The maximum atomic E-state index is 14.1. The molecule has 168 valence electrons. The van der Waals surface area contributed by atoms with Gasteiger partial charge in [0.15, 0.2) is 8.32 Å². The van der Waals surface area contributed by atoms with Crippen LogP contribution in [0.2, 0.25) is 23.2 Å². The summed E-state index contributed by atoms with van der Waals surface area (Å²) >= 11 is 9.51. The van der Waals surface area contributed by atoms with Crippen LogP contribution >= 0.6 is 27.5 Å². The van der Waals surface area contributed by atoms with E-state index >= 15 is 0 Å². The van der Waals surface area contributed by atoms with Gasteiger partial charge in [0, 0.05) is 20.7 Å². The molecule has 2 N–H and O–H groups in total. The summed E-state index contributed by atoms with van der Waals surface area (Å²) in [7, 11) is -2.05. The largest absolute Gasteiger partial charge is 0.478 e. The number of carbonyl (C=O) groups excluding carboxylic acids is 1. The van der Waals surface area contributed by atoms with Crippen LogP contribution in [-0.2, 0) is 22.2 Å². The molecule has 0 spiro atoms. The summed E-state index contributed by atoms with van der Waals surface area (Å²) < 4.78 is 20.7. The Balaban J connectivity index is 2.26. The number of benzene rings is 2. The van der Waals surface area contributed by atoms with Crippen molar-refractivity contribution in [1.82, 2.24) is 0 Å². The number of carbonyl (C=O) groups is 2. The summed E-state index contributed by atoms with van der Waals surface area (Å²) in [5.41, 5.74) is 0.661. The standard InChI is InChI=1S/C22H26BrClFNO4Si/c1-22(2,3)31(4,5)30-12-15-16(24)7-6-8-18(15)26-19(27)10-13-9-14(23)11-17(25)20(13)21(28)29/h6-9,11H,10,12H2,1-5H3,(H,26,27)(H,28,29). The van der Waals surface area contributed by atoms with Gasteiger partial charge in [-0.3, -0.25) is 4.79 Å². The second kappa shape index (κ2) is 9.81. The van der Waals surface area contributed by atoms with Gasteiger partial charge in [-0.1, -0.05) is 54.4 Å². The van der Waals surface area contributed by atoms with E-state index in [1.807, 2.05) is 0 Å². The zero-order valence-corrected chi connectivity index (χ0v) is 21.4. The first-order chi connectivity index (χ1) is 14.2. The van der Waals surface area contributed by atoms with Crippen molar-refractivity contribution in [2.45, 2.75) is 51.9 Å². The van der Waals surface area contributed by atoms with E-state index in [1.54, 1.807) is 18.2 Å².